The van der Waals surface area contributed by atoms with Gasteiger partial charge in [-0.15, -0.1) is 0 Å². The third-order valence-electron chi connectivity index (χ3n) is 2.83. The van der Waals surface area contributed by atoms with Gasteiger partial charge in [0.25, 0.3) is 0 Å². The molecule has 0 spiro atoms. The summed E-state index contributed by atoms with van der Waals surface area (Å²) in [6.07, 6.45) is 5.49. The number of nitrogens with zero attached hydrogens (tertiary/aromatic N) is 2. The van der Waals surface area contributed by atoms with Gasteiger partial charge in [-0.3, -0.25) is 0 Å². The lowest BCUT2D eigenvalue weighted by molar-refractivity contribution is -0.121. The largest absolute Gasteiger partial charge is 0.354 e. The van der Waals surface area contributed by atoms with Gasteiger partial charge in [-0.1, -0.05) is 6.92 Å². The standard InChI is InChI=1S/C12H23N3O2/c1-5-7-15-8-6-14-11(15)9-10(13-2)12(16-3)17-4/h6,8,10,12-13H,5,7,9H2,1-4H3. The number of aromatic nitrogens is 2. The fourth-order valence-corrected chi connectivity index (χ4v) is 1.93. The van der Waals surface area contributed by atoms with Gasteiger partial charge in [-0.05, 0) is 13.5 Å². The van der Waals surface area contributed by atoms with E-state index < -0.39 is 0 Å². The van der Waals surface area contributed by atoms with Crippen molar-refractivity contribution in [3.8, 4) is 0 Å². The average Bonchev–Trinajstić information content (AvgIpc) is 2.77. The van der Waals surface area contributed by atoms with Gasteiger partial charge in [-0.2, -0.15) is 0 Å². The zero-order chi connectivity index (χ0) is 12.7. The first-order valence-electron chi connectivity index (χ1n) is 5.99. The molecule has 0 aliphatic carbocycles. The van der Waals surface area contributed by atoms with Crippen LogP contribution >= 0.6 is 0 Å². The molecule has 0 saturated heterocycles. The highest BCUT2D eigenvalue weighted by Gasteiger charge is 2.21. The lowest BCUT2D eigenvalue weighted by Gasteiger charge is -2.24. The molecule has 0 amide bonds. The second kappa shape index (κ2) is 7.42. The van der Waals surface area contributed by atoms with Crippen LogP contribution in [-0.4, -0.2) is 43.2 Å². The van der Waals surface area contributed by atoms with Crippen molar-refractivity contribution < 1.29 is 9.47 Å². The molecule has 1 rings (SSSR count). The molecule has 1 aromatic rings. The van der Waals surface area contributed by atoms with Gasteiger partial charge in [0.1, 0.15) is 5.82 Å². The van der Waals surface area contributed by atoms with Gasteiger partial charge in [0.15, 0.2) is 6.29 Å². The topological polar surface area (TPSA) is 48.3 Å². The van der Waals surface area contributed by atoms with E-state index in [-0.39, 0.29) is 12.3 Å². The lowest BCUT2D eigenvalue weighted by Crippen LogP contribution is -2.42. The summed E-state index contributed by atoms with van der Waals surface area (Å²) in [6.45, 7) is 3.16. The van der Waals surface area contributed by atoms with Crippen molar-refractivity contribution in [3.05, 3.63) is 18.2 Å². The Morgan fingerprint density at radius 3 is 2.65 bits per heavy atom. The fourth-order valence-electron chi connectivity index (χ4n) is 1.93. The van der Waals surface area contributed by atoms with E-state index in [2.05, 4.69) is 21.8 Å². The molecule has 0 radical (unpaired) electrons. The predicted octanol–water partition coefficient (Wildman–Crippen LogP) is 1.04. The third kappa shape index (κ3) is 3.80. The summed E-state index contributed by atoms with van der Waals surface area (Å²) in [4.78, 5) is 4.39. The van der Waals surface area contributed by atoms with Crippen LogP contribution in [0.5, 0.6) is 0 Å². The van der Waals surface area contributed by atoms with Crippen molar-refractivity contribution in [1.82, 2.24) is 14.9 Å². The van der Waals surface area contributed by atoms with Crippen molar-refractivity contribution in [3.63, 3.8) is 0 Å². The highest BCUT2D eigenvalue weighted by atomic mass is 16.7. The molecular formula is C12H23N3O2. The van der Waals surface area contributed by atoms with E-state index in [1.807, 2.05) is 19.4 Å². The van der Waals surface area contributed by atoms with Gasteiger partial charge in [-0.25, -0.2) is 4.98 Å². The fraction of sp³-hybridized carbons (Fsp3) is 0.750. The van der Waals surface area contributed by atoms with Gasteiger partial charge >= 0.3 is 0 Å². The molecule has 1 atom stereocenters. The monoisotopic (exact) mass is 241 g/mol. The number of ether oxygens (including phenoxy) is 2. The van der Waals surface area contributed by atoms with E-state index in [1.54, 1.807) is 14.2 Å². The smallest absolute Gasteiger partial charge is 0.172 e. The Kier molecular flexibility index (Phi) is 6.18. The maximum Gasteiger partial charge on any atom is 0.172 e. The Balaban J connectivity index is 2.69. The summed E-state index contributed by atoms with van der Waals surface area (Å²) < 4.78 is 12.7. The Morgan fingerprint density at radius 1 is 1.41 bits per heavy atom. The summed E-state index contributed by atoms with van der Waals surface area (Å²) in [5, 5.41) is 3.21. The number of aryl methyl sites for hydroxylation is 1. The zero-order valence-corrected chi connectivity index (χ0v) is 11.1. The minimum Gasteiger partial charge on any atom is -0.354 e. The second-order valence-electron chi connectivity index (χ2n) is 3.98. The normalized spacial score (nSPS) is 13.2. The third-order valence-corrected chi connectivity index (χ3v) is 2.83. The number of hydrogen-bond donors (Lipinski definition) is 1. The van der Waals surface area contributed by atoms with Crippen molar-refractivity contribution in [2.45, 2.75) is 38.6 Å². The molecule has 98 valence electrons. The van der Waals surface area contributed by atoms with Crippen LogP contribution in [0.1, 0.15) is 19.2 Å². The molecule has 1 aromatic heterocycles. The number of likely N-dealkylation sites (N-methyl/N-ethyl adjacent to an activating group) is 1. The molecule has 1 N–H and O–H groups in total. The number of rotatable bonds is 8. The molecule has 0 aromatic carbocycles. The molecule has 0 aliphatic rings. The first kappa shape index (κ1) is 14.2. The molecule has 1 heterocycles. The molecule has 5 heteroatoms. The minimum atomic E-state index is -0.258. The number of nitrogens with one attached hydrogen (secondary N) is 1. The SMILES string of the molecule is CCCn1ccnc1CC(NC)C(OC)OC. The van der Waals surface area contributed by atoms with E-state index in [0.717, 1.165) is 25.2 Å². The highest BCUT2D eigenvalue weighted by Crippen LogP contribution is 2.08. The number of methoxy groups -OCH3 is 2. The predicted molar refractivity (Wildman–Crippen MR) is 66.9 cm³/mol. The van der Waals surface area contributed by atoms with E-state index >= 15 is 0 Å². The molecule has 17 heavy (non-hydrogen) atoms. The Labute approximate surface area is 103 Å². The molecule has 0 aliphatic heterocycles. The molecule has 5 nitrogen and oxygen atoms in total. The van der Waals surface area contributed by atoms with E-state index in [0.29, 0.717) is 0 Å². The molecule has 0 saturated carbocycles. The van der Waals surface area contributed by atoms with Crippen LogP contribution in [0, 0.1) is 0 Å². The average molecular weight is 241 g/mol. The van der Waals surface area contributed by atoms with Crippen LogP contribution in [0.2, 0.25) is 0 Å². The van der Waals surface area contributed by atoms with Crippen LogP contribution < -0.4 is 5.32 Å². The highest BCUT2D eigenvalue weighted by molar-refractivity contribution is 4.96. The van der Waals surface area contributed by atoms with Gasteiger partial charge in [0, 0.05) is 39.6 Å². The van der Waals surface area contributed by atoms with Crippen molar-refractivity contribution in [2.24, 2.45) is 0 Å². The van der Waals surface area contributed by atoms with Gasteiger partial charge in [0.2, 0.25) is 0 Å². The number of imidazole rings is 1. The second-order valence-corrected chi connectivity index (χ2v) is 3.98. The molecule has 0 fully saturated rings. The molecular weight excluding hydrogens is 218 g/mol. The Bertz CT molecular complexity index is 310. The first-order valence-corrected chi connectivity index (χ1v) is 5.99. The quantitative estimate of drug-likeness (QED) is 0.691. The first-order chi connectivity index (χ1) is 8.26. The summed E-state index contributed by atoms with van der Waals surface area (Å²) in [5.74, 6) is 1.06. The van der Waals surface area contributed by atoms with Crippen LogP contribution in [0.4, 0.5) is 0 Å². The molecule has 1 unspecified atom stereocenters. The summed E-state index contributed by atoms with van der Waals surface area (Å²) >= 11 is 0. The zero-order valence-electron chi connectivity index (χ0n) is 11.1. The van der Waals surface area contributed by atoms with Crippen molar-refractivity contribution in [2.75, 3.05) is 21.3 Å². The van der Waals surface area contributed by atoms with Crippen molar-refractivity contribution >= 4 is 0 Å². The maximum atomic E-state index is 5.28. The lowest BCUT2D eigenvalue weighted by atomic mass is 10.2. The van der Waals surface area contributed by atoms with Crippen molar-refractivity contribution in [1.29, 1.82) is 0 Å². The van der Waals surface area contributed by atoms with E-state index in [4.69, 9.17) is 9.47 Å². The summed E-state index contributed by atoms with van der Waals surface area (Å²) in [5.41, 5.74) is 0. The van der Waals surface area contributed by atoms with Gasteiger partial charge < -0.3 is 19.4 Å². The van der Waals surface area contributed by atoms with Crippen LogP contribution in [0.15, 0.2) is 12.4 Å². The van der Waals surface area contributed by atoms with Crippen LogP contribution in [-0.2, 0) is 22.4 Å². The maximum absolute atomic E-state index is 5.28. The number of hydrogen-bond acceptors (Lipinski definition) is 4. The van der Waals surface area contributed by atoms with Gasteiger partial charge in [0.05, 0.1) is 6.04 Å². The summed E-state index contributed by atoms with van der Waals surface area (Å²) in [7, 11) is 5.21. The molecule has 0 bridgehead atoms. The van der Waals surface area contributed by atoms with E-state index in [1.165, 1.54) is 0 Å². The van der Waals surface area contributed by atoms with E-state index in [9.17, 15) is 0 Å². The van der Waals surface area contributed by atoms with Crippen LogP contribution in [0.3, 0.4) is 0 Å². The Hall–Kier alpha value is -0.910. The van der Waals surface area contributed by atoms with Crippen LogP contribution in [0.25, 0.3) is 0 Å². The Morgan fingerprint density at radius 2 is 2.12 bits per heavy atom. The minimum absolute atomic E-state index is 0.100. The summed E-state index contributed by atoms with van der Waals surface area (Å²) in [6, 6.07) is 0.100.